The molecule has 0 saturated heterocycles. The van der Waals surface area contributed by atoms with Crippen LogP contribution in [-0.4, -0.2) is 17.5 Å². The molecule has 1 aliphatic rings. The Morgan fingerprint density at radius 1 is 1.16 bits per heavy atom. The van der Waals surface area contributed by atoms with E-state index in [9.17, 15) is 23.2 Å². The summed E-state index contributed by atoms with van der Waals surface area (Å²) in [7, 11) is 0. The fraction of sp³-hybridized carbons (Fsp3) is 0.174. The fourth-order valence-electron chi connectivity index (χ4n) is 3.19. The number of nitrogens with zero attached hydrogens (tertiary/aromatic N) is 2. The minimum atomic E-state index is -4.55. The largest absolute Gasteiger partial charge is 0.493 e. The minimum Gasteiger partial charge on any atom is -0.493 e. The Balaban J connectivity index is 1.45. The summed E-state index contributed by atoms with van der Waals surface area (Å²) in [6.45, 7) is 0.608. The lowest BCUT2D eigenvalue weighted by Gasteiger charge is -2.19. The standard InChI is InChI=1S/C23H16F3N3O3/c24-23(25,26)21-8-5-17(13-28-21)29-22(30)14-3-6-18(7-4-14)32-20-11-19-15(2-1-9-31-19)10-16(20)12-27/h3-8,10-11,13H,1-2,9H2,(H,29,30). The molecule has 6 nitrogen and oxygen atoms in total. The van der Waals surface area contributed by atoms with Crippen molar-refractivity contribution in [1.82, 2.24) is 4.98 Å². The van der Waals surface area contributed by atoms with E-state index < -0.39 is 17.8 Å². The number of nitrogens with one attached hydrogen (secondary N) is 1. The third kappa shape index (κ3) is 4.64. The van der Waals surface area contributed by atoms with Crippen molar-refractivity contribution >= 4 is 11.6 Å². The molecule has 1 aliphatic heterocycles. The smallest absolute Gasteiger partial charge is 0.433 e. The maximum Gasteiger partial charge on any atom is 0.433 e. The second kappa shape index (κ2) is 8.59. The van der Waals surface area contributed by atoms with Gasteiger partial charge in [0.05, 0.1) is 24.1 Å². The Morgan fingerprint density at radius 2 is 1.94 bits per heavy atom. The van der Waals surface area contributed by atoms with Crippen LogP contribution in [0.2, 0.25) is 0 Å². The number of nitriles is 1. The summed E-state index contributed by atoms with van der Waals surface area (Å²) < 4.78 is 49.2. The third-order valence-electron chi connectivity index (χ3n) is 4.79. The molecule has 162 valence electrons. The molecule has 2 heterocycles. The summed E-state index contributed by atoms with van der Waals surface area (Å²) in [6, 6.07) is 13.6. The van der Waals surface area contributed by atoms with Crippen molar-refractivity contribution in [1.29, 1.82) is 5.26 Å². The summed E-state index contributed by atoms with van der Waals surface area (Å²) in [5.74, 6) is 0.926. The van der Waals surface area contributed by atoms with E-state index >= 15 is 0 Å². The number of hydrogen-bond acceptors (Lipinski definition) is 5. The van der Waals surface area contributed by atoms with Crippen molar-refractivity contribution in [2.75, 3.05) is 11.9 Å². The lowest BCUT2D eigenvalue weighted by atomic mass is 10.0. The number of rotatable bonds is 4. The molecule has 3 aromatic rings. The van der Waals surface area contributed by atoms with E-state index in [4.69, 9.17) is 9.47 Å². The molecule has 0 aliphatic carbocycles. The van der Waals surface area contributed by atoms with Gasteiger partial charge in [-0.05, 0) is 60.9 Å². The van der Waals surface area contributed by atoms with Crippen molar-refractivity contribution in [2.24, 2.45) is 0 Å². The molecular formula is C23H16F3N3O3. The van der Waals surface area contributed by atoms with E-state index in [-0.39, 0.29) is 11.3 Å². The minimum absolute atomic E-state index is 0.135. The molecule has 0 atom stereocenters. The lowest BCUT2D eigenvalue weighted by Crippen LogP contribution is -2.13. The molecule has 2 aromatic carbocycles. The van der Waals surface area contributed by atoms with Crippen LogP contribution in [0.15, 0.2) is 54.7 Å². The average molecular weight is 439 g/mol. The van der Waals surface area contributed by atoms with Gasteiger partial charge >= 0.3 is 6.18 Å². The number of anilines is 1. The second-order valence-corrected chi connectivity index (χ2v) is 7.03. The van der Waals surface area contributed by atoms with Crippen LogP contribution in [0.4, 0.5) is 18.9 Å². The summed E-state index contributed by atoms with van der Waals surface area (Å²) in [4.78, 5) is 15.7. The van der Waals surface area contributed by atoms with E-state index in [0.29, 0.717) is 29.4 Å². The molecular weight excluding hydrogens is 423 g/mol. The molecule has 9 heteroatoms. The highest BCUT2D eigenvalue weighted by atomic mass is 19.4. The number of hydrogen-bond donors (Lipinski definition) is 1. The zero-order chi connectivity index (χ0) is 22.7. The lowest BCUT2D eigenvalue weighted by molar-refractivity contribution is -0.141. The second-order valence-electron chi connectivity index (χ2n) is 7.03. The summed E-state index contributed by atoms with van der Waals surface area (Å²) in [5.41, 5.74) is 0.708. The van der Waals surface area contributed by atoms with Gasteiger partial charge in [0.25, 0.3) is 5.91 Å². The van der Waals surface area contributed by atoms with Crippen LogP contribution in [0.1, 0.15) is 33.6 Å². The first-order valence-corrected chi connectivity index (χ1v) is 9.66. The van der Waals surface area contributed by atoms with E-state index in [1.165, 1.54) is 12.1 Å². The Labute approximate surface area is 181 Å². The SMILES string of the molecule is N#Cc1cc2c(cc1Oc1ccc(C(=O)Nc3ccc(C(F)(F)F)nc3)cc1)OCCC2. The van der Waals surface area contributed by atoms with E-state index in [1.807, 2.05) is 0 Å². The number of alkyl halides is 3. The summed E-state index contributed by atoms with van der Waals surface area (Å²) in [5, 5.41) is 11.9. The fourth-order valence-corrected chi connectivity index (χ4v) is 3.19. The van der Waals surface area contributed by atoms with Gasteiger partial charge in [-0.1, -0.05) is 0 Å². The van der Waals surface area contributed by atoms with Gasteiger partial charge in [0.15, 0.2) is 0 Å². The molecule has 1 aromatic heterocycles. The number of ether oxygens (including phenoxy) is 2. The Kier molecular flexibility index (Phi) is 5.69. The first-order chi connectivity index (χ1) is 15.3. The zero-order valence-electron chi connectivity index (χ0n) is 16.6. The average Bonchev–Trinajstić information content (AvgIpc) is 2.79. The van der Waals surface area contributed by atoms with Gasteiger partial charge in [-0.25, -0.2) is 4.98 Å². The number of pyridine rings is 1. The number of aromatic nitrogens is 1. The summed E-state index contributed by atoms with van der Waals surface area (Å²) >= 11 is 0. The molecule has 32 heavy (non-hydrogen) atoms. The van der Waals surface area contributed by atoms with E-state index in [1.54, 1.807) is 24.3 Å². The first-order valence-electron chi connectivity index (χ1n) is 9.66. The maximum atomic E-state index is 12.6. The molecule has 4 rings (SSSR count). The Bertz CT molecular complexity index is 1180. The van der Waals surface area contributed by atoms with Gasteiger partial charge in [-0.2, -0.15) is 18.4 Å². The highest BCUT2D eigenvalue weighted by molar-refractivity contribution is 6.04. The molecule has 1 N–H and O–H groups in total. The molecule has 0 saturated carbocycles. The predicted octanol–water partition coefficient (Wildman–Crippen LogP) is 5.34. The Hall–Kier alpha value is -4.06. The maximum absolute atomic E-state index is 12.6. The number of carbonyl (C=O) groups excluding carboxylic acids is 1. The van der Waals surface area contributed by atoms with Crippen LogP contribution in [0.25, 0.3) is 0 Å². The number of benzene rings is 2. The van der Waals surface area contributed by atoms with Gasteiger partial charge in [-0.15, -0.1) is 0 Å². The number of carbonyl (C=O) groups is 1. The number of amides is 1. The van der Waals surface area contributed by atoms with Crippen LogP contribution in [-0.2, 0) is 12.6 Å². The normalized spacial score (nSPS) is 12.8. The van der Waals surface area contributed by atoms with Gasteiger partial charge in [0.2, 0.25) is 0 Å². The van der Waals surface area contributed by atoms with Crippen LogP contribution < -0.4 is 14.8 Å². The van der Waals surface area contributed by atoms with Crippen molar-refractivity contribution in [3.8, 4) is 23.3 Å². The molecule has 0 fully saturated rings. The molecule has 0 radical (unpaired) electrons. The van der Waals surface area contributed by atoms with Crippen molar-refractivity contribution < 1.29 is 27.4 Å². The third-order valence-corrected chi connectivity index (χ3v) is 4.79. The quantitative estimate of drug-likeness (QED) is 0.593. The van der Waals surface area contributed by atoms with Gasteiger partial charge in [0.1, 0.15) is 29.0 Å². The van der Waals surface area contributed by atoms with Crippen molar-refractivity contribution in [2.45, 2.75) is 19.0 Å². The van der Waals surface area contributed by atoms with Gasteiger partial charge < -0.3 is 14.8 Å². The van der Waals surface area contributed by atoms with Crippen LogP contribution >= 0.6 is 0 Å². The highest BCUT2D eigenvalue weighted by Crippen LogP contribution is 2.35. The molecule has 0 spiro atoms. The van der Waals surface area contributed by atoms with Crippen LogP contribution in [0.3, 0.4) is 0 Å². The van der Waals surface area contributed by atoms with Crippen LogP contribution in [0.5, 0.6) is 17.2 Å². The molecule has 1 amide bonds. The topological polar surface area (TPSA) is 84.2 Å². The first kappa shape index (κ1) is 21.2. The molecule has 0 unspecified atom stereocenters. The monoisotopic (exact) mass is 439 g/mol. The van der Waals surface area contributed by atoms with Crippen molar-refractivity contribution in [3.05, 3.63) is 77.1 Å². The van der Waals surface area contributed by atoms with E-state index in [2.05, 4.69) is 16.4 Å². The highest BCUT2D eigenvalue weighted by Gasteiger charge is 2.32. The van der Waals surface area contributed by atoms with Gasteiger partial charge in [-0.3, -0.25) is 4.79 Å². The Morgan fingerprint density at radius 3 is 2.59 bits per heavy atom. The molecule has 0 bridgehead atoms. The summed E-state index contributed by atoms with van der Waals surface area (Å²) in [6.07, 6.45) is -1.87. The van der Waals surface area contributed by atoms with Crippen molar-refractivity contribution in [3.63, 3.8) is 0 Å². The number of halogens is 3. The number of fused-ring (bicyclic) bond motifs is 1. The predicted molar refractivity (Wildman–Crippen MR) is 109 cm³/mol. The van der Waals surface area contributed by atoms with Gasteiger partial charge in [0, 0.05) is 11.6 Å². The zero-order valence-corrected chi connectivity index (χ0v) is 16.6. The van der Waals surface area contributed by atoms with Crippen LogP contribution in [0, 0.1) is 11.3 Å². The number of aryl methyl sites for hydroxylation is 1. The van der Waals surface area contributed by atoms with E-state index in [0.717, 1.165) is 36.7 Å².